The molecule has 0 saturated carbocycles. The van der Waals surface area contributed by atoms with Crippen LogP contribution in [0.5, 0.6) is 0 Å². The molecule has 1 aliphatic rings. The molecule has 0 spiro atoms. The zero-order valence-corrected chi connectivity index (χ0v) is 12.4. The maximum absolute atomic E-state index is 12.8. The van der Waals surface area contributed by atoms with Crippen molar-refractivity contribution in [1.29, 1.82) is 0 Å². The average Bonchev–Trinajstić information content (AvgIpc) is 3.07. The Morgan fingerprint density at radius 3 is 2.95 bits per heavy atom. The van der Waals surface area contributed by atoms with Gasteiger partial charge in [0, 0.05) is 6.54 Å². The Balaban J connectivity index is 1.90. The molecule has 2 aromatic rings. The fourth-order valence-electron chi connectivity index (χ4n) is 2.69. The Bertz CT molecular complexity index is 606. The Morgan fingerprint density at radius 2 is 2.30 bits per heavy atom. The molecule has 0 aliphatic carbocycles. The highest BCUT2D eigenvalue weighted by Gasteiger charge is 2.32. The summed E-state index contributed by atoms with van der Waals surface area (Å²) in [6.07, 6.45) is 4.56. The smallest absolute Gasteiger partial charge is 0.266 e. The lowest BCUT2D eigenvalue weighted by Crippen LogP contribution is -2.39. The van der Waals surface area contributed by atoms with Crippen LogP contribution in [0.4, 0.5) is 0 Å². The average molecular weight is 291 g/mol. The summed E-state index contributed by atoms with van der Waals surface area (Å²) in [5.74, 6) is 0.839. The Labute approximate surface area is 121 Å². The second-order valence-electron chi connectivity index (χ2n) is 5.03. The number of thiazole rings is 1. The largest absolute Gasteiger partial charge is 0.328 e. The standard InChI is InChI=1S/C13H17N5OS/c1-8-11(20-9(2)16-8)13(19)18-6-4-3-5-10(18)12-14-7-15-17-12/h7,10H,3-6H2,1-2H3,(H,14,15,17). The van der Waals surface area contributed by atoms with E-state index in [0.29, 0.717) is 0 Å². The number of amides is 1. The van der Waals surface area contributed by atoms with E-state index < -0.39 is 0 Å². The van der Waals surface area contributed by atoms with E-state index in [-0.39, 0.29) is 11.9 Å². The molecule has 1 atom stereocenters. The third-order valence-corrected chi connectivity index (χ3v) is 4.67. The van der Waals surface area contributed by atoms with Crippen LogP contribution in [0.3, 0.4) is 0 Å². The van der Waals surface area contributed by atoms with Gasteiger partial charge in [-0.15, -0.1) is 11.3 Å². The zero-order valence-electron chi connectivity index (χ0n) is 11.6. The van der Waals surface area contributed by atoms with Gasteiger partial charge in [-0.25, -0.2) is 9.97 Å². The Kier molecular flexibility index (Phi) is 3.52. The van der Waals surface area contributed by atoms with Gasteiger partial charge in [0.25, 0.3) is 5.91 Å². The SMILES string of the molecule is Cc1nc(C)c(C(=O)N2CCCCC2c2ncn[nH]2)s1. The van der Waals surface area contributed by atoms with E-state index in [0.717, 1.165) is 47.2 Å². The van der Waals surface area contributed by atoms with Crippen LogP contribution in [0.25, 0.3) is 0 Å². The summed E-state index contributed by atoms with van der Waals surface area (Å²) in [6, 6.07) is 0.000515. The summed E-state index contributed by atoms with van der Waals surface area (Å²) < 4.78 is 0. The van der Waals surface area contributed by atoms with Gasteiger partial charge in [-0.3, -0.25) is 9.89 Å². The number of aromatic nitrogens is 4. The normalized spacial score (nSPS) is 19.3. The van der Waals surface area contributed by atoms with Crippen LogP contribution in [0.1, 0.15) is 51.5 Å². The predicted octanol–water partition coefficient (Wildman–Crippen LogP) is 2.25. The first-order valence-electron chi connectivity index (χ1n) is 6.77. The highest BCUT2D eigenvalue weighted by molar-refractivity contribution is 7.13. The van der Waals surface area contributed by atoms with Crippen molar-refractivity contribution >= 4 is 17.2 Å². The third kappa shape index (κ3) is 2.33. The number of H-pyrrole nitrogens is 1. The number of hydrogen-bond donors (Lipinski definition) is 1. The third-order valence-electron chi connectivity index (χ3n) is 3.61. The maximum Gasteiger partial charge on any atom is 0.266 e. The molecule has 1 aliphatic heterocycles. The molecule has 0 bridgehead atoms. The topological polar surface area (TPSA) is 74.8 Å². The van der Waals surface area contributed by atoms with E-state index in [2.05, 4.69) is 20.2 Å². The molecule has 1 amide bonds. The van der Waals surface area contributed by atoms with Gasteiger partial charge in [0.1, 0.15) is 17.0 Å². The molecule has 1 unspecified atom stereocenters. The zero-order chi connectivity index (χ0) is 14.1. The van der Waals surface area contributed by atoms with Crippen molar-refractivity contribution in [2.24, 2.45) is 0 Å². The lowest BCUT2D eigenvalue weighted by atomic mass is 10.0. The monoisotopic (exact) mass is 291 g/mol. The van der Waals surface area contributed by atoms with Gasteiger partial charge in [-0.1, -0.05) is 0 Å². The Hall–Kier alpha value is -1.76. The summed E-state index contributed by atoms with van der Waals surface area (Å²) in [5.41, 5.74) is 0.819. The van der Waals surface area contributed by atoms with Gasteiger partial charge < -0.3 is 4.90 Å². The number of rotatable bonds is 2. The number of carbonyl (C=O) groups is 1. The van der Waals surface area contributed by atoms with Gasteiger partial charge in [0.05, 0.1) is 16.7 Å². The van der Waals surface area contributed by atoms with Crippen LogP contribution < -0.4 is 0 Å². The van der Waals surface area contributed by atoms with Gasteiger partial charge in [0.15, 0.2) is 0 Å². The van der Waals surface area contributed by atoms with E-state index in [1.807, 2.05) is 18.7 Å². The van der Waals surface area contributed by atoms with Crippen LogP contribution in [-0.4, -0.2) is 37.5 Å². The van der Waals surface area contributed by atoms with Gasteiger partial charge in [-0.05, 0) is 33.1 Å². The molecule has 106 valence electrons. The van der Waals surface area contributed by atoms with Gasteiger partial charge in [0.2, 0.25) is 0 Å². The highest BCUT2D eigenvalue weighted by atomic mass is 32.1. The van der Waals surface area contributed by atoms with Crippen molar-refractivity contribution in [2.45, 2.75) is 39.2 Å². The predicted molar refractivity (Wildman–Crippen MR) is 75.6 cm³/mol. The number of piperidine rings is 1. The first kappa shape index (κ1) is 13.2. The van der Waals surface area contributed by atoms with Crippen molar-refractivity contribution < 1.29 is 4.79 Å². The molecule has 7 heteroatoms. The van der Waals surface area contributed by atoms with Crippen molar-refractivity contribution in [3.05, 3.63) is 27.7 Å². The summed E-state index contributed by atoms with van der Waals surface area (Å²) in [6.45, 7) is 4.59. The van der Waals surface area contributed by atoms with Crippen molar-refractivity contribution in [2.75, 3.05) is 6.54 Å². The molecule has 6 nitrogen and oxygen atoms in total. The molecule has 1 saturated heterocycles. The van der Waals surface area contributed by atoms with E-state index in [9.17, 15) is 4.79 Å². The van der Waals surface area contributed by atoms with E-state index >= 15 is 0 Å². The first-order valence-corrected chi connectivity index (χ1v) is 7.58. The van der Waals surface area contributed by atoms with Crippen LogP contribution in [-0.2, 0) is 0 Å². The number of aryl methyl sites for hydroxylation is 2. The number of carbonyl (C=O) groups excluding carboxylic acids is 1. The van der Waals surface area contributed by atoms with Gasteiger partial charge >= 0.3 is 0 Å². The van der Waals surface area contributed by atoms with Crippen molar-refractivity contribution in [3.63, 3.8) is 0 Å². The number of likely N-dealkylation sites (tertiary alicyclic amines) is 1. The fraction of sp³-hybridized carbons (Fsp3) is 0.538. The Morgan fingerprint density at radius 1 is 1.45 bits per heavy atom. The quantitative estimate of drug-likeness (QED) is 0.920. The molecule has 0 aromatic carbocycles. The molecule has 1 N–H and O–H groups in total. The van der Waals surface area contributed by atoms with Crippen LogP contribution in [0.2, 0.25) is 0 Å². The molecule has 3 heterocycles. The summed E-state index contributed by atoms with van der Waals surface area (Å²) in [4.78, 5) is 24.0. The summed E-state index contributed by atoms with van der Waals surface area (Å²) >= 11 is 1.47. The van der Waals surface area contributed by atoms with Crippen LogP contribution >= 0.6 is 11.3 Å². The van der Waals surface area contributed by atoms with Gasteiger partial charge in [-0.2, -0.15) is 5.10 Å². The number of hydrogen-bond acceptors (Lipinski definition) is 5. The van der Waals surface area contributed by atoms with E-state index in [1.165, 1.54) is 17.7 Å². The molecule has 3 rings (SSSR count). The molecular weight excluding hydrogens is 274 g/mol. The van der Waals surface area contributed by atoms with Crippen LogP contribution in [0.15, 0.2) is 6.33 Å². The summed E-state index contributed by atoms with van der Waals surface area (Å²) in [5, 5.41) is 7.73. The van der Waals surface area contributed by atoms with Crippen molar-refractivity contribution in [3.8, 4) is 0 Å². The number of aromatic amines is 1. The van der Waals surface area contributed by atoms with E-state index in [1.54, 1.807) is 0 Å². The fourth-order valence-corrected chi connectivity index (χ4v) is 3.57. The lowest BCUT2D eigenvalue weighted by Gasteiger charge is -2.34. The molecule has 1 fully saturated rings. The van der Waals surface area contributed by atoms with Crippen molar-refractivity contribution in [1.82, 2.24) is 25.1 Å². The second kappa shape index (κ2) is 5.32. The number of nitrogens with zero attached hydrogens (tertiary/aromatic N) is 4. The van der Waals surface area contributed by atoms with Crippen LogP contribution in [0, 0.1) is 13.8 Å². The number of nitrogens with one attached hydrogen (secondary N) is 1. The minimum atomic E-state index is 0.000515. The minimum absolute atomic E-state index is 0.000515. The molecule has 2 aromatic heterocycles. The maximum atomic E-state index is 12.8. The lowest BCUT2D eigenvalue weighted by molar-refractivity contribution is 0.0604. The molecule has 0 radical (unpaired) electrons. The molecular formula is C13H17N5OS. The summed E-state index contributed by atoms with van der Waals surface area (Å²) in [7, 11) is 0. The van der Waals surface area contributed by atoms with E-state index in [4.69, 9.17) is 0 Å². The second-order valence-corrected chi connectivity index (χ2v) is 6.23. The highest BCUT2D eigenvalue weighted by Crippen LogP contribution is 2.31. The molecule has 20 heavy (non-hydrogen) atoms. The minimum Gasteiger partial charge on any atom is -0.328 e. The first-order chi connectivity index (χ1) is 9.66.